The Morgan fingerprint density at radius 2 is 2.05 bits per heavy atom. The average molecular weight is 295 g/mol. The van der Waals surface area contributed by atoms with Crippen LogP contribution in [0.4, 0.5) is 4.39 Å². The predicted molar refractivity (Wildman–Crippen MR) is 74.6 cm³/mol. The number of nitrogens with two attached hydrogens (primary N) is 1. The zero-order chi connectivity index (χ0) is 14.5. The van der Waals surface area contributed by atoms with E-state index in [2.05, 4.69) is 4.98 Å². The molecule has 0 amide bonds. The van der Waals surface area contributed by atoms with Gasteiger partial charge in [-0.15, -0.1) is 11.3 Å². The number of ether oxygens (including phenoxy) is 2. The number of rotatable bonds is 6. The summed E-state index contributed by atoms with van der Waals surface area (Å²) in [5.41, 5.74) is 6.13. The quantitative estimate of drug-likeness (QED) is 0.633. The van der Waals surface area contributed by atoms with Gasteiger partial charge in [0.05, 0.1) is 17.2 Å². The smallest absolute Gasteiger partial charge is 0.140 e. The molecular weight excluding hydrogens is 281 g/mol. The second-order valence-electron chi connectivity index (χ2n) is 3.97. The van der Waals surface area contributed by atoms with Crippen LogP contribution in [0.25, 0.3) is 0 Å². The first kappa shape index (κ1) is 14.4. The van der Waals surface area contributed by atoms with Crippen LogP contribution < -0.4 is 10.5 Å². The van der Waals surface area contributed by atoms with Crippen molar-refractivity contribution < 1.29 is 13.9 Å². The van der Waals surface area contributed by atoms with Gasteiger partial charge in [-0.3, -0.25) is 5.41 Å². The molecule has 0 spiro atoms. The summed E-state index contributed by atoms with van der Waals surface area (Å²) >= 11 is 1.29. The Labute approximate surface area is 119 Å². The van der Waals surface area contributed by atoms with Crippen LogP contribution in [0.5, 0.6) is 5.75 Å². The molecule has 2 aromatic rings. The van der Waals surface area contributed by atoms with E-state index in [1.807, 2.05) is 0 Å². The lowest BCUT2D eigenvalue weighted by Crippen LogP contribution is -2.11. The average Bonchev–Trinajstić information content (AvgIpc) is 2.82. The lowest BCUT2D eigenvalue weighted by Gasteiger charge is -2.03. The number of benzene rings is 1. The number of halogens is 1. The van der Waals surface area contributed by atoms with Crippen LogP contribution in [0.15, 0.2) is 24.3 Å². The Bertz CT molecular complexity index is 598. The summed E-state index contributed by atoms with van der Waals surface area (Å²) in [6.07, 6.45) is 0. The van der Waals surface area contributed by atoms with Gasteiger partial charge in [-0.2, -0.15) is 0 Å². The number of nitrogen functional groups attached to an aromatic ring is 1. The van der Waals surface area contributed by atoms with E-state index in [1.54, 1.807) is 19.2 Å². The summed E-state index contributed by atoms with van der Waals surface area (Å²) in [6.45, 7) is 0.530. The molecule has 0 atom stereocenters. The molecule has 2 rings (SSSR count). The van der Waals surface area contributed by atoms with Crippen LogP contribution in [0.1, 0.15) is 15.6 Å². The standard InChI is InChI=1S/C13H14FN3O2S/c1-18-6-10-12(13(15)16)20-11(17-10)7-19-9-4-2-8(14)3-5-9/h2-5H,6-7H2,1H3,(H3,15,16). The Hall–Kier alpha value is -1.99. The van der Waals surface area contributed by atoms with Gasteiger partial charge in [-0.1, -0.05) is 0 Å². The molecule has 0 saturated heterocycles. The lowest BCUT2D eigenvalue weighted by molar-refractivity contribution is 0.181. The summed E-state index contributed by atoms with van der Waals surface area (Å²) in [4.78, 5) is 4.91. The zero-order valence-corrected chi connectivity index (χ0v) is 11.7. The van der Waals surface area contributed by atoms with Gasteiger partial charge >= 0.3 is 0 Å². The fourth-order valence-corrected chi connectivity index (χ4v) is 2.43. The van der Waals surface area contributed by atoms with E-state index in [4.69, 9.17) is 20.6 Å². The maximum absolute atomic E-state index is 12.8. The maximum atomic E-state index is 12.8. The minimum Gasteiger partial charge on any atom is -0.486 e. The second kappa shape index (κ2) is 6.44. The molecule has 3 N–H and O–H groups in total. The molecule has 0 radical (unpaired) electrons. The molecule has 0 aliphatic carbocycles. The fourth-order valence-electron chi connectivity index (χ4n) is 1.58. The summed E-state index contributed by atoms with van der Waals surface area (Å²) in [5, 5.41) is 8.18. The molecule has 0 bridgehead atoms. The van der Waals surface area contributed by atoms with Gasteiger partial charge in [0, 0.05) is 7.11 Å². The van der Waals surface area contributed by atoms with E-state index in [0.29, 0.717) is 27.9 Å². The van der Waals surface area contributed by atoms with Crippen LogP contribution >= 0.6 is 11.3 Å². The fraction of sp³-hybridized carbons (Fsp3) is 0.231. The van der Waals surface area contributed by atoms with Crippen molar-refractivity contribution in [2.45, 2.75) is 13.2 Å². The summed E-state index contributed by atoms with van der Waals surface area (Å²) < 4.78 is 23.3. The predicted octanol–water partition coefficient (Wildman–Crippen LogP) is 2.29. The van der Waals surface area contributed by atoms with Crippen molar-refractivity contribution in [3.8, 4) is 5.75 Å². The number of aromatic nitrogens is 1. The number of amidine groups is 1. The van der Waals surface area contributed by atoms with Gasteiger partial charge in [0.25, 0.3) is 0 Å². The van der Waals surface area contributed by atoms with Gasteiger partial charge in [-0.25, -0.2) is 9.37 Å². The molecule has 20 heavy (non-hydrogen) atoms. The highest BCUT2D eigenvalue weighted by molar-refractivity contribution is 7.13. The zero-order valence-electron chi connectivity index (χ0n) is 10.9. The maximum Gasteiger partial charge on any atom is 0.140 e. The third-order valence-electron chi connectivity index (χ3n) is 2.44. The summed E-state index contributed by atoms with van der Waals surface area (Å²) in [6, 6.07) is 5.75. The van der Waals surface area contributed by atoms with Crippen LogP contribution in [-0.4, -0.2) is 17.9 Å². The molecule has 5 nitrogen and oxygen atoms in total. The molecule has 0 saturated carbocycles. The van der Waals surface area contributed by atoms with Crippen molar-refractivity contribution in [2.24, 2.45) is 5.73 Å². The molecule has 1 aromatic carbocycles. The molecule has 0 unspecified atom stereocenters. The topological polar surface area (TPSA) is 81.2 Å². The van der Waals surface area contributed by atoms with Gasteiger partial charge in [0.2, 0.25) is 0 Å². The Kier molecular flexibility index (Phi) is 4.65. The molecular formula is C13H14FN3O2S. The Morgan fingerprint density at radius 3 is 2.65 bits per heavy atom. The van der Waals surface area contributed by atoms with E-state index in [-0.39, 0.29) is 18.3 Å². The highest BCUT2D eigenvalue weighted by Crippen LogP contribution is 2.21. The number of nitrogens with zero attached hydrogens (tertiary/aromatic N) is 1. The largest absolute Gasteiger partial charge is 0.486 e. The molecule has 106 valence electrons. The van der Waals surface area contributed by atoms with E-state index >= 15 is 0 Å². The van der Waals surface area contributed by atoms with Gasteiger partial charge in [0.15, 0.2) is 0 Å². The lowest BCUT2D eigenvalue weighted by atomic mass is 10.3. The minimum atomic E-state index is -0.312. The van der Waals surface area contributed by atoms with Gasteiger partial charge < -0.3 is 15.2 Å². The van der Waals surface area contributed by atoms with Gasteiger partial charge in [0.1, 0.15) is 29.0 Å². The number of thiazole rings is 1. The van der Waals surface area contributed by atoms with Crippen molar-refractivity contribution in [2.75, 3.05) is 7.11 Å². The van der Waals surface area contributed by atoms with Crippen LogP contribution in [-0.2, 0) is 18.0 Å². The summed E-state index contributed by atoms with van der Waals surface area (Å²) in [7, 11) is 1.55. The Morgan fingerprint density at radius 1 is 1.35 bits per heavy atom. The second-order valence-corrected chi connectivity index (χ2v) is 5.06. The van der Waals surface area contributed by atoms with Crippen LogP contribution in [0.3, 0.4) is 0 Å². The first-order valence-electron chi connectivity index (χ1n) is 5.80. The van der Waals surface area contributed by atoms with Crippen molar-refractivity contribution in [3.05, 3.63) is 45.7 Å². The molecule has 0 fully saturated rings. The monoisotopic (exact) mass is 295 g/mol. The molecule has 0 aliphatic rings. The molecule has 0 aliphatic heterocycles. The van der Waals surface area contributed by atoms with Gasteiger partial charge in [-0.05, 0) is 24.3 Å². The van der Waals surface area contributed by atoms with Crippen LogP contribution in [0, 0.1) is 11.2 Å². The molecule has 7 heteroatoms. The first-order valence-corrected chi connectivity index (χ1v) is 6.62. The number of nitrogens with one attached hydrogen (secondary N) is 1. The van der Waals surface area contributed by atoms with E-state index < -0.39 is 0 Å². The number of hydrogen-bond donors (Lipinski definition) is 2. The molecule has 1 aromatic heterocycles. The third kappa shape index (κ3) is 3.52. The number of hydrogen-bond acceptors (Lipinski definition) is 5. The van der Waals surface area contributed by atoms with Crippen molar-refractivity contribution >= 4 is 17.2 Å². The van der Waals surface area contributed by atoms with E-state index in [1.165, 1.54) is 23.5 Å². The van der Waals surface area contributed by atoms with Crippen molar-refractivity contribution in [1.82, 2.24) is 4.98 Å². The van der Waals surface area contributed by atoms with Crippen molar-refractivity contribution in [1.29, 1.82) is 5.41 Å². The normalized spacial score (nSPS) is 10.5. The minimum absolute atomic E-state index is 0.0393. The first-order chi connectivity index (χ1) is 9.60. The SMILES string of the molecule is COCc1nc(COc2ccc(F)cc2)sc1C(=N)N. The summed E-state index contributed by atoms with van der Waals surface area (Å²) in [5.74, 6) is 0.203. The van der Waals surface area contributed by atoms with E-state index in [9.17, 15) is 4.39 Å². The van der Waals surface area contributed by atoms with Crippen LogP contribution in [0.2, 0.25) is 0 Å². The highest BCUT2D eigenvalue weighted by Gasteiger charge is 2.13. The van der Waals surface area contributed by atoms with E-state index in [0.717, 1.165) is 0 Å². The highest BCUT2D eigenvalue weighted by atomic mass is 32.1. The number of methoxy groups -OCH3 is 1. The molecule has 1 heterocycles. The Balaban J connectivity index is 2.07. The van der Waals surface area contributed by atoms with Crippen molar-refractivity contribution in [3.63, 3.8) is 0 Å². The third-order valence-corrected chi connectivity index (χ3v) is 3.55.